The summed E-state index contributed by atoms with van der Waals surface area (Å²) >= 11 is 0. The standard InChI is InChI=1S/C15H30N2/c1-2-9-16-10-5-11-17-12-8-14-6-3-4-7-15(14)13-17/h14-16H,2-13H2,1H3. The van der Waals surface area contributed by atoms with Crippen LogP contribution in [0, 0.1) is 11.8 Å². The molecule has 1 heterocycles. The molecule has 17 heavy (non-hydrogen) atoms. The van der Waals surface area contributed by atoms with Crippen LogP contribution in [0.25, 0.3) is 0 Å². The van der Waals surface area contributed by atoms with E-state index in [0.29, 0.717) is 0 Å². The third-order valence-electron chi connectivity index (χ3n) is 4.63. The minimum Gasteiger partial charge on any atom is -0.317 e. The normalized spacial score (nSPS) is 30.2. The molecule has 2 fully saturated rings. The molecule has 0 aromatic carbocycles. The number of piperidine rings is 1. The van der Waals surface area contributed by atoms with E-state index < -0.39 is 0 Å². The molecule has 0 amide bonds. The molecule has 0 bridgehead atoms. The molecule has 1 aliphatic carbocycles. The van der Waals surface area contributed by atoms with Gasteiger partial charge in [0, 0.05) is 6.54 Å². The Bertz CT molecular complexity index is 205. The first kappa shape index (κ1) is 13.4. The monoisotopic (exact) mass is 238 g/mol. The van der Waals surface area contributed by atoms with Crippen LogP contribution in [0.1, 0.15) is 51.9 Å². The van der Waals surface area contributed by atoms with Crippen molar-refractivity contribution in [2.45, 2.75) is 51.9 Å². The maximum atomic E-state index is 3.50. The zero-order valence-corrected chi connectivity index (χ0v) is 11.6. The van der Waals surface area contributed by atoms with Crippen molar-refractivity contribution in [3.8, 4) is 0 Å². The van der Waals surface area contributed by atoms with Gasteiger partial charge in [0.25, 0.3) is 0 Å². The molecule has 0 aromatic heterocycles. The van der Waals surface area contributed by atoms with E-state index in [0.717, 1.165) is 11.8 Å². The summed E-state index contributed by atoms with van der Waals surface area (Å²) in [5.74, 6) is 2.12. The van der Waals surface area contributed by atoms with E-state index in [9.17, 15) is 0 Å². The van der Waals surface area contributed by atoms with E-state index in [1.807, 2.05) is 0 Å². The highest BCUT2D eigenvalue weighted by molar-refractivity contribution is 4.83. The number of fused-ring (bicyclic) bond motifs is 1. The summed E-state index contributed by atoms with van der Waals surface area (Å²) in [4.78, 5) is 2.72. The van der Waals surface area contributed by atoms with Gasteiger partial charge < -0.3 is 10.2 Å². The Morgan fingerprint density at radius 2 is 1.88 bits per heavy atom. The molecule has 0 spiro atoms. The van der Waals surface area contributed by atoms with Crippen LogP contribution in [-0.4, -0.2) is 37.6 Å². The third kappa shape index (κ3) is 4.26. The number of hydrogen-bond acceptors (Lipinski definition) is 2. The number of hydrogen-bond donors (Lipinski definition) is 1. The Hall–Kier alpha value is -0.0800. The molecule has 1 N–H and O–H groups in total. The lowest BCUT2D eigenvalue weighted by Crippen LogP contribution is -2.42. The van der Waals surface area contributed by atoms with Gasteiger partial charge in [-0.3, -0.25) is 0 Å². The summed E-state index contributed by atoms with van der Waals surface area (Å²) in [5.41, 5.74) is 0. The van der Waals surface area contributed by atoms with Crippen molar-refractivity contribution in [3.63, 3.8) is 0 Å². The van der Waals surface area contributed by atoms with Gasteiger partial charge in [-0.2, -0.15) is 0 Å². The van der Waals surface area contributed by atoms with E-state index >= 15 is 0 Å². The average molecular weight is 238 g/mol. The molecule has 0 radical (unpaired) electrons. The maximum absolute atomic E-state index is 3.50. The molecule has 1 saturated heterocycles. The zero-order valence-electron chi connectivity index (χ0n) is 11.6. The molecule has 2 nitrogen and oxygen atoms in total. The fourth-order valence-corrected chi connectivity index (χ4v) is 3.61. The minimum absolute atomic E-state index is 1.04. The van der Waals surface area contributed by atoms with Gasteiger partial charge >= 0.3 is 0 Å². The van der Waals surface area contributed by atoms with Gasteiger partial charge in [0.1, 0.15) is 0 Å². The fraction of sp³-hybridized carbons (Fsp3) is 1.00. The molecule has 2 atom stereocenters. The van der Waals surface area contributed by atoms with Gasteiger partial charge in [0.05, 0.1) is 0 Å². The summed E-state index contributed by atoms with van der Waals surface area (Å²) in [6, 6.07) is 0. The number of rotatable bonds is 6. The average Bonchev–Trinajstić information content (AvgIpc) is 2.38. The first-order valence-electron chi connectivity index (χ1n) is 7.83. The van der Waals surface area contributed by atoms with Gasteiger partial charge in [0.2, 0.25) is 0 Å². The van der Waals surface area contributed by atoms with Crippen molar-refractivity contribution < 1.29 is 0 Å². The Balaban J connectivity index is 1.59. The van der Waals surface area contributed by atoms with Gasteiger partial charge in [-0.25, -0.2) is 0 Å². The van der Waals surface area contributed by atoms with E-state index in [-0.39, 0.29) is 0 Å². The summed E-state index contributed by atoms with van der Waals surface area (Å²) in [6.07, 6.45) is 10.1. The smallest absolute Gasteiger partial charge is 0.00123 e. The highest BCUT2D eigenvalue weighted by Crippen LogP contribution is 2.35. The van der Waals surface area contributed by atoms with Crippen LogP contribution in [-0.2, 0) is 0 Å². The van der Waals surface area contributed by atoms with Crippen molar-refractivity contribution >= 4 is 0 Å². The van der Waals surface area contributed by atoms with Crippen LogP contribution in [0.15, 0.2) is 0 Å². The van der Waals surface area contributed by atoms with Crippen LogP contribution in [0.4, 0.5) is 0 Å². The Labute approximate surface area is 107 Å². The van der Waals surface area contributed by atoms with Crippen molar-refractivity contribution in [1.29, 1.82) is 0 Å². The minimum atomic E-state index is 1.04. The lowest BCUT2D eigenvalue weighted by molar-refractivity contribution is 0.0862. The Morgan fingerprint density at radius 3 is 2.71 bits per heavy atom. The van der Waals surface area contributed by atoms with Crippen molar-refractivity contribution in [2.24, 2.45) is 11.8 Å². The number of nitrogens with one attached hydrogen (secondary N) is 1. The first-order chi connectivity index (χ1) is 8.40. The maximum Gasteiger partial charge on any atom is 0.00123 e. The van der Waals surface area contributed by atoms with Crippen LogP contribution < -0.4 is 5.32 Å². The largest absolute Gasteiger partial charge is 0.317 e. The zero-order chi connectivity index (χ0) is 11.9. The Kier molecular flexibility index (Phi) is 5.79. The van der Waals surface area contributed by atoms with Crippen molar-refractivity contribution in [1.82, 2.24) is 10.2 Å². The van der Waals surface area contributed by atoms with Gasteiger partial charge in [-0.1, -0.05) is 26.2 Å². The third-order valence-corrected chi connectivity index (χ3v) is 4.63. The summed E-state index contributed by atoms with van der Waals surface area (Å²) < 4.78 is 0. The van der Waals surface area contributed by atoms with Gasteiger partial charge in [-0.05, 0) is 63.7 Å². The fourth-order valence-electron chi connectivity index (χ4n) is 3.61. The van der Waals surface area contributed by atoms with Crippen LogP contribution in [0.2, 0.25) is 0 Å². The SMILES string of the molecule is CCCNCCCN1CCC2CCCCC2C1. The second-order valence-corrected chi connectivity index (χ2v) is 6.00. The summed E-state index contributed by atoms with van der Waals surface area (Å²) in [6.45, 7) is 8.72. The quantitative estimate of drug-likeness (QED) is 0.716. The van der Waals surface area contributed by atoms with Crippen molar-refractivity contribution in [3.05, 3.63) is 0 Å². The molecule has 2 rings (SSSR count). The number of likely N-dealkylation sites (tertiary alicyclic amines) is 1. The van der Waals surface area contributed by atoms with E-state index in [4.69, 9.17) is 0 Å². The predicted octanol–water partition coefficient (Wildman–Crippen LogP) is 2.89. The topological polar surface area (TPSA) is 15.3 Å². The highest BCUT2D eigenvalue weighted by Gasteiger charge is 2.30. The molecule has 100 valence electrons. The Morgan fingerprint density at radius 1 is 1.06 bits per heavy atom. The predicted molar refractivity (Wildman–Crippen MR) is 74.3 cm³/mol. The highest BCUT2D eigenvalue weighted by atomic mass is 15.1. The lowest BCUT2D eigenvalue weighted by atomic mass is 9.75. The molecular formula is C15H30N2. The van der Waals surface area contributed by atoms with E-state index in [1.54, 1.807) is 0 Å². The second-order valence-electron chi connectivity index (χ2n) is 6.00. The lowest BCUT2D eigenvalue weighted by Gasteiger charge is -2.41. The van der Waals surface area contributed by atoms with E-state index in [2.05, 4.69) is 17.1 Å². The van der Waals surface area contributed by atoms with Crippen LogP contribution >= 0.6 is 0 Å². The molecule has 1 saturated carbocycles. The molecule has 2 aliphatic rings. The number of nitrogens with zero attached hydrogens (tertiary/aromatic N) is 1. The molecule has 2 heteroatoms. The van der Waals surface area contributed by atoms with Crippen LogP contribution in [0.3, 0.4) is 0 Å². The molecule has 0 aromatic rings. The van der Waals surface area contributed by atoms with Crippen LogP contribution in [0.5, 0.6) is 0 Å². The van der Waals surface area contributed by atoms with Gasteiger partial charge in [-0.15, -0.1) is 0 Å². The summed E-state index contributed by atoms with van der Waals surface area (Å²) in [5, 5.41) is 3.50. The molecule has 1 aliphatic heterocycles. The molecular weight excluding hydrogens is 208 g/mol. The first-order valence-corrected chi connectivity index (χ1v) is 7.83. The van der Waals surface area contributed by atoms with Gasteiger partial charge in [0.15, 0.2) is 0 Å². The van der Waals surface area contributed by atoms with Crippen molar-refractivity contribution in [2.75, 3.05) is 32.7 Å². The summed E-state index contributed by atoms with van der Waals surface area (Å²) in [7, 11) is 0. The molecule has 2 unspecified atom stereocenters. The second kappa shape index (κ2) is 7.38. The van der Waals surface area contributed by atoms with E-state index in [1.165, 1.54) is 77.7 Å².